The maximum Gasteiger partial charge on any atom is 0.261 e. The Hall–Kier alpha value is -3.36. The SMILES string of the molecule is COc1ccc(NS(=O)(=O)c2cccc(C(=O)Nc3cccc(CO)c3)c2)cc1. The molecule has 0 atom stereocenters. The van der Waals surface area contributed by atoms with E-state index < -0.39 is 15.9 Å². The van der Waals surface area contributed by atoms with Crippen molar-refractivity contribution >= 4 is 27.3 Å². The van der Waals surface area contributed by atoms with Crippen LogP contribution in [0.2, 0.25) is 0 Å². The molecule has 150 valence electrons. The topological polar surface area (TPSA) is 105 Å². The number of aliphatic hydroxyl groups is 1. The van der Waals surface area contributed by atoms with Crippen LogP contribution in [0.25, 0.3) is 0 Å². The zero-order valence-electron chi connectivity index (χ0n) is 15.6. The third-order valence-corrected chi connectivity index (χ3v) is 5.50. The first kappa shape index (κ1) is 20.4. The minimum atomic E-state index is -3.88. The van der Waals surface area contributed by atoms with Gasteiger partial charge in [-0.25, -0.2) is 8.42 Å². The summed E-state index contributed by atoms with van der Waals surface area (Å²) in [6.07, 6.45) is 0. The van der Waals surface area contributed by atoms with Crippen molar-refractivity contribution in [2.75, 3.05) is 17.1 Å². The molecule has 0 aromatic heterocycles. The van der Waals surface area contributed by atoms with Crippen molar-refractivity contribution in [1.82, 2.24) is 0 Å². The first-order valence-electron chi connectivity index (χ1n) is 8.69. The van der Waals surface area contributed by atoms with Crippen LogP contribution < -0.4 is 14.8 Å². The van der Waals surface area contributed by atoms with Crippen molar-refractivity contribution < 1.29 is 23.1 Å². The molecule has 3 N–H and O–H groups in total. The fourth-order valence-corrected chi connectivity index (χ4v) is 3.73. The fourth-order valence-electron chi connectivity index (χ4n) is 2.63. The van der Waals surface area contributed by atoms with Gasteiger partial charge in [-0.2, -0.15) is 0 Å². The van der Waals surface area contributed by atoms with E-state index in [1.165, 1.54) is 31.4 Å². The summed E-state index contributed by atoms with van der Waals surface area (Å²) in [4.78, 5) is 12.5. The van der Waals surface area contributed by atoms with Crippen molar-refractivity contribution in [1.29, 1.82) is 0 Å². The number of aliphatic hydroxyl groups excluding tert-OH is 1. The van der Waals surface area contributed by atoms with E-state index in [-0.39, 0.29) is 17.1 Å². The molecule has 0 unspecified atom stereocenters. The number of ether oxygens (including phenoxy) is 1. The van der Waals surface area contributed by atoms with Crippen molar-refractivity contribution in [2.24, 2.45) is 0 Å². The summed E-state index contributed by atoms with van der Waals surface area (Å²) in [6, 6.07) is 19.0. The van der Waals surface area contributed by atoms with Gasteiger partial charge in [-0.1, -0.05) is 18.2 Å². The average molecular weight is 412 g/mol. The van der Waals surface area contributed by atoms with Gasteiger partial charge >= 0.3 is 0 Å². The van der Waals surface area contributed by atoms with Crippen LogP contribution in [-0.4, -0.2) is 26.5 Å². The molecule has 0 aliphatic heterocycles. The Kier molecular flexibility index (Phi) is 6.16. The lowest BCUT2D eigenvalue weighted by molar-refractivity contribution is 0.102. The Labute approximate surface area is 169 Å². The monoisotopic (exact) mass is 412 g/mol. The smallest absolute Gasteiger partial charge is 0.261 e. The first-order valence-corrected chi connectivity index (χ1v) is 10.2. The molecule has 0 aliphatic carbocycles. The summed E-state index contributed by atoms with van der Waals surface area (Å²) < 4.78 is 32.9. The third-order valence-electron chi connectivity index (χ3n) is 4.12. The van der Waals surface area contributed by atoms with E-state index in [1.54, 1.807) is 48.5 Å². The molecule has 0 bridgehead atoms. The van der Waals surface area contributed by atoms with E-state index in [2.05, 4.69) is 10.0 Å². The summed E-state index contributed by atoms with van der Waals surface area (Å²) >= 11 is 0. The molecule has 8 heteroatoms. The largest absolute Gasteiger partial charge is 0.497 e. The van der Waals surface area contributed by atoms with Crippen LogP contribution in [0, 0.1) is 0 Å². The number of carbonyl (C=O) groups is 1. The Morgan fingerprint density at radius 2 is 1.69 bits per heavy atom. The van der Waals surface area contributed by atoms with Crippen molar-refractivity contribution in [2.45, 2.75) is 11.5 Å². The molecular weight excluding hydrogens is 392 g/mol. The van der Waals surface area contributed by atoms with Gasteiger partial charge in [0.2, 0.25) is 0 Å². The number of methoxy groups -OCH3 is 1. The second-order valence-corrected chi connectivity index (χ2v) is 7.86. The number of anilines is 2. The molecule has 1 amide bonds. The highest BCUT2D eigenvalue weighted by atomic mass is 32.2. The minimum absolute atomic E-state index is 0.0370. The Morgan fingerprint density at radius 3 is 2.38 bits per heavy atom. The van der Waals surface area contributed by atoms with Crippen LogP contribution in [-0.2, 0) is 16.6 Å². The lowest BCUT2D eigenvalue weighted by Crippen LogP contribution is -2.16. The van der Waals surface area contributed by atoms with Gasteiger partial charge in [0.1, 0.15) is 5.75 Å². The molecule has 0 saturated carbocycles. The number of hydrogen-bond acceptors (Lipinski definition) is 5. The molecule has 0 fully saturated rings. The van der Waals surface area contributed by atoms with Gasteiger partial charge in [0.25, 0.3) is 15.9 Å². The predicted molar refractivity (Wildman–Crippen MR) is 111 cm³/mol. The second-order valence-electron chi connectivity index (χ2n) is 6.17. The van der Waals surface area contributed by atoms with Crippen LogP contribution in [0.1, 0.15) is 15.9 Å². The number of amides is 1. The molecule has 7 nitrogen and oxygen atoms in total. The lowest BCUT2D eigenvalue weighted by atomic mass is 10.2. The van der Waals surface area contributed by atoms with Gasteiger partial charge in [0, 0.05) is 16.9 Å². The molecule has 0 saturated heterocycles. The molecule has 0 heterocycles. The average Bonchev–Trinajstić information content (AvgIpc) is 2.74. The van der Waals surface area contributed by atoms with Crippen LogP contribution in [0.3, 0.4) is 0 Å². The minimum Gasteiger partial charge on any atom is -0.497 e. The standard InChI is InChI=1S/C21H20N2O5S/c1-28-19-10-8-17(9-11-19)23-29(26,27)20-7-3-5-16(13-20)21(25)22-18-6-2-4-15(12-18)14-24/h2-13,23-24H,14H2,1H3,(H,22,25). The second kappa shape index (κ2) is 8.76. The number of rotatable bonds is 7. The van der Waals surface area contributed by atoms with Crippen LogP contribution in [0.4, 0.5) is 11.4 Å². The van der Waals surface area contributed by atoms with Gasteiger partial charge in [0.15, 0.2) is 0 Å². The van der Waals surface area contributed by atoms with Gasteiger partial charge in [-0.15, -0.1) is 0 Å². The number of carbonyl (C=O) groups excluding carboxylic acids is 1. The van der Waals surface area contributed by atoms with Gasteiger partial charge < -0.3 is 15.2 Å². The quantitative estimate of drug-likeness (QED) is 0.553. The van der Waals surface area contributed by atoms with E-state index in [1.807, 2.05) is 0 Å². The number of benzene rings is 3. The van der Waals surface area contributed by atoms with Crippen LogP contribution in [0.5, 0.6) is 5.75 Å². The highest BCUT2D eigenvalue weighted by Crippen LogP contribution is 2.20. The van der Waals surface area contributed by atoms with E-state index in [9.17, 15) is 18.3 Å². The molecule has 0 radical (unpaired) electrons. The summed E-state index contributed by atoms with van der Waals surface area (Å²) in [7, 11) is -2.35. The zero-order valence-corrected chi connectivity index (χ0v) is 16.4. The highest BCUT2D eigenvalue weighted by Gasteiger charge is 2.17. The third kappa shape index (κ3) is 5.13. The predicted octanol–water partition coefficient (Wildman–Crippen LogP) is 3.24. The number of sulfonamides is 1. The Bertz CT molecular complexity index is 1110. The normalized spacial score (nSPS) is 11.0. The summed E-state index contributed by atoms with van der Waals surface area (Å²) in [5, 5.41) is 11.9. The van der Waals surface area contributed by atoms with Crippen molar-refractivity contribution in [3.63, 3.8) is 0 Å². The summed E-state index contributed by atoms with van der Waals surface area (Å²) in [5.41, 5.74) is 1.73. The first-order chi connectivity index (χ1) is 13.9. The van der Waals surface area contributed by atoms with E-state index in [4.69, 9.17) is 4.74 Å². The summed E-state index contributed by atoms with van der Waals surface area (Å²) in [5.74, 6) is 0.151. The van der Waals surface area contributed by atoms with E-state index in [0.717, 1.165) is 0 Å². The van der Waals surface area contributed by atoms with Gasteiger partial charge in [0.05, 0.1) is 18.6 Å². The molecule has 3 rings (SSSR count). The van der Waals surface area contributed by atoms with E-state index in [0.29, 0.717) is 22.7 Å². The zero-order chi connectivity index (χ0) is 20.9. The Morgan fingerprint density at radius 1 is 0.966 bits per heavy atom. The molecule has 0 spiro atoms. The van der Waals surface area contributed by atoms with E-state index >= 15 is 0 Å². The molecule has 0 aliphatic rings. The highest BCUT2D eigenvalue weighted by molar-refractivity contribution is 7.92. The lowest BCUT2D eigenvalue weighted by Gasteiger charge is -2.11. The molecule has 3 aromatic carbocycles. The molecule has 3 aromatic rings. The van der Waals surface area contributed by atoms with Crippen molar-refractivity contribution in [3.05, 3.63) is 83.9 Å². The number of nitrogens with one attached hydrogen (secondary N) is 2. The van der Waals surface area contributed by atoms with Crippen LogP contribution in [0.15, 0.2) is 77.7 Å². The van der Waals surface area contributed by atoms with Crippen LogP contribution >= 0.6 is 0 Å². The van der Waals surface area contributed by atoms with Crippen molar-refractivity contribution in [3.8, 4) is 5.75 Å². The molecule has 29 heavy (non-hydrogen) atoms. The van der Waals surface area contributed by atoms with Gasteiger partial charge in [-0.3, -0.25) is 9.52 Å². The molecular formula is C21H20N2O5S. The Balaban J connectivity index is 1.78. The fraction of sp³-hybridized carbons (Fsp3) is 0.0952. The maximum atomic E-state index is 12.7. The number of hydrogen-bond donors (Lipinski definition) is 3. The summed E-state index contributed by atoms with van der Waals surface area (Å²) in [6.45, 7) is -0.144. The maximum absolute atomic E-state index is 12.7. The van der Waals surface area contributed by atoms with Gasteiger partial charge in [-0.05, 0) is 60.2 Å².